The Bertz CT molecular complexity index is 629. The summed E-state index contributed by atoms with van der Waals surface area (Å²) in [5.74, 6) is -0.0752. The molecule has 0 spiro atoms. The Hall–Kier alpha value is -1.47. The number of ether oxygens (including phenoxy) is 1. The van der Waals surface area contributed by atoms with E-state index in [1.807, 2.05) is 6.92 Å². The van der Waals surface area contributed by atoms with Gasteiger partial charge in [0.2, 0.25) is 11.2 Å². The fourth-order valence-electron chi connectivity index (χ4n) is 1.52. The van der Waals surface area contributed by atoms with E-state index in [-0.39, 0.29) is 29.6 Å². The van der Waals surface area contributed by atoms with Crippen LogP contribution < -0.4 is 10.1 Å². The monoisotopic (exact) mass is 374 g/mol. The van der Waals surface area contributed by atoms with Gasteiger partial charge in [0.15, 0.2) is 0 Å². The van der Waals surface area contributed by atoms with Crippen molar-refractivity contribution in [2.75, 3.05) is 11.9 Å². The van der Waals surface area contributed by atoms with Gasteiger partial charge in [-0.25, -0.2) is 4.39 Å². The molecule has 0 aliphatic carbocycles. The first-order valence-electron chi connectivity index (χ1n) is 6.30. The molecule has 0 amide bonds. The van der Waals surface area contributed by atoms with Crippen LogP contribution in [0.15, 0.2) is 22.7 Å². The molecule has 1 aromatic carbocycles. The fraction of sp³-hybridized carbons (Fsp3) is 0.308. The van der Waals surface area contributed by atoms with Crippen molar-refractivity contribution in [2.45, 2.75) is 19.9 Å². The molecule has 0 aliphatic heterocycles. The van der Waals surface area contributed by atoms with Gasteiger partial charge >= 0.3 is 6.01 Å². The summed E-state index contributed by atoms with van der Waals surface area (Å²) in [7, 11) is 0. The van der Waals surface area contributed by atoms with Crippen LogP contribution in [0.3, 0.4) is 0 Å². The van der Waals surface area contributed by atoms with Crippen LogP contribution in [0, 0.1) is 5.82 Å². The lowest BCUT2D eigenvalue weighted by molar-refractivity contribution is 0.291. The average Bonchev–Trinajstić information content (AvgIpc) is 2.45. The Balaban J connectivity index is 2.08. The number of anilines is 1. The molecule has 2 aromatic rings. The van der Waals surface area contributed by atoms with Crippen molar-refractivity contribution in [3.05, 3.63) is 39.3 Å². The Kier molecular flexibility index (Phi) is 5.69. The summed E-state index contributed by atoms with van der Waals surface area (Å²) in [5.41, 5.74) is 0.483. The maximum Gasteiger partial charge on any atom is 0.322 e. The second-order valence-electron chi connectivity index (χ2n) is 4.15. The SMILES string of the molecule is CCCOc1nc(Cl)nc(NCc2cc(Br)ccc2F)n1. The van der Waals surface area contributed by atoms with Crippen molar-refractivity contribution in [1.29, 1.82) is 0 Å². The van der Waals surface area contributed by atoms with E-state index < -0.39 is 0 Å². The molecular weight excluding hydrogens is 363 g/mol. The number of halogens is 3. The minimum Gasteiger partial charge on any atom is -0.463 e. The molecule has 112 valence electrons. The summed E-state index contributed by atoms with van der Waals surface area (Å²) >= 11 is 9.10. The van der Waals surface area contributed by atoms with E-state index in [0.29, 0.717) is 12.2 Å². The third-order valence-electron chi connectivity index (χ3n) is 2.47. The predicted molar refractivity (Wildman–Crippen MR) is 82.0 cm³/mol. The van der Waals surface area contributed by atoms with Gasteiger partial charge in [-0.3, -0.25) is 0 Å². The molecular formula is C13H13BrClFN4O. The molecule has 0 bridgehead atoms. The van der Waals surface area contributed by atoms with Crippen molar-refractivity contribution in [3.63, 3.8) is 0 Å². The van der Waals surface area contributed by atoms with Crippen LogP contribution in [0.25, 0.3) is 0 Å². The zero-order valence-corrected chi connectivity index (χ0v) is 13.6. The highest BCUT2D eigenvalue weighted by Gasteiger charge is 2.08. The normalized spacial score (nSPS) is 10.5. The summed E-state index contributed by atoms with van der Waals surface area (Å²) in [5, 5.41) is 2.92. The van der Waals surface area contributed by atoms with Gasteiger partial charge in [-0.15, -0.1) is 0 Å². The highest BCUT2D eigenvalue weighted by Crippen LogP contribution is 2.17. The molecule has 8 heteroatoms. The topological polar surface area (TPSA) is 59.9 Å². The van der Waals surface area contributed by atoms with Gasteiger partial charge in [-0.1, -0.05) is 22.9 Å². The Morgan fingerprint density at radius 1 is 1.33 bits per heavy atom. The third-order valence-corrected chi connectivity index (χ3v) is 3.13. The summed E-state index contributed by atoms with van der Waals surface area (Å²) in [4.78, 5) is 11.8. The molecule has 1 heterocycles. The van der Waals surface area contributed by atoms with Crippen molar-refractivity contribution in [1.82, 2.24) is 15.0 Å². The lowest BCUT2D eigenvalue weighted by Gasteiger charge is -2.08. The third kappa shape index (κ3) is 4.78. The predicted octanol–water partition coefficient (Wildman–Crippen LogP) is 3.83. The van der Waals surface area contributed by atoms with Crippen molar-refractivity contribution in [3.8, 4) is 6.01 Å². The molecule has 0 saturated carbocycles. The van der Waals surface area contributed by atoms with Crippen molar-refractivity contribution < 1.29 is 9.13 Å². The molecule has 1 aromatic heterocycles. The van der Waals surface area contributed by atoms with E-state index in [2.05, 4.69) is 36.2 Å². The zero-order valence-electron chi connectivity index (χ0n) is 11.2. The van der Waals surface area contributed by atoms with E-state index in [0.717, 1.165) is 10.9 Å². The highest BCUT2D eigenvalue weighted by molar-refractivity contribution is 9.10. The second-order valence-corrected chi connectivity index (χ2v) is 5.40. The minimum absolute atomic E-state index is 0.0216. The average molecular weight is 376 g/mol. The Morgan fingerprint density at radius 3 is 2.90 bits per heavy atom. The quantitative estimate of drug-likeness (QED) is 0.831. The fourth-order valence-corrected chi connectivity index (χ4v) is 2.08. The van der Waals surface area contributed by atoms with Gasteiger partial charge < -0.3 is 10.1 Å². The first kappa shape index (κ1) is 15.9. The number of nitrogens with one attached hydrogen (secondary N) is 1. The van der Waals surface area contributed by atoms with Gasteiger partial charge in [0, 0.05) is 16.6 Å². The molecule has 21 heavy (non-hydrogen) atoms. The standard InChI is InChI=1S/C13H13BrClFN4O/c1-2-5-21-13-19-11(15)18-12(20-13)17-7-8-6-9(14)3-4-10(8)16/h3-4,6H,2,5,7H2,1H3,(H,17,18,19,20). The van der Waals surface area contributed by atoms with E-state index in [9.17, 15) is 4.39 Å². The number of nitrogens with zero attached hydrogens (tertiary/aromatic N) is 3. The maximum atomic E-state index is 13.6. The van der Waals surface area contributed by atoms with Gasteiger partial charge in [-0.2, -0.15) is 15.0 Å². The number of hydrogen-bond donors (Lipinski definition) is 1. The van der Waals surface area contributed by atoms with E-state index in [1.165, 1.54) is 6.07 Å². The first-order valence-corrected chi connectivity index (χ1v) is 7.47. The largest absolute Gasteiger partial charge is 0.463 e. The molecule has 1 N–H and O–H groups in total. The molecule has 0 saturated heterocycles. The van der Waals surface area contributed by atoms with Gasteiger partial charge in [0.05, 0.1) is 6.61 Å². The molecule has 2 rings (SSSR count). The zero-order chi connectivity index (χ0) is 15.2. The molecule has 0 fully saturated rings. The van der Waals surface area contributed by atoms with Crippen LogP contribution in [0.2, 0.25) is 5.28 Å². The van der Waals surface area contributed by atoms with Crippen LogP contribution in [-0.2, 0) is 6.54 Å². The highest BCUT2D eigenvalue weighted by atomic mass is 79.9. The van der Waals surface area contributed by atoms with E-state index in [4.69, 9.17) is 16.3 Å². The molecule has 5 nitrogen and oxygen atoms in total. The van der Waals surface area contributed by atoms with Crippen LogP contribution >= 0.6 is 27.5 Å². The van der Waals surface area contributed by atoms with Crippen molar-refractivity contribution in [2.24, 2.45) is 0 Å². The summed E-state index contributed by atoms with van der Waals surface area (Å²) in [6.45, 7) is 2.68. The Morgan fingerprint density at radius 2 is 2.14 bits per heavy atom. The van der Waals surface area contributed by atoms with Crippen LogP contribution in [0.4, 0.5) is 10.3 Å². The summed E-state index contributed by atoms with van der Waals surface area (Å²) < 4.78 is 19.7. The summed E-state index contributed by atoms with van der Waals surface area (Å²) in [6, 6.07) is 4.85. The first-order chi connectivity index (χ1) is 10.1. The minimum atomic E-state index is -0.312. The van der Waals surface area contributed by atoms with Gasteiger partial charge in [-0.05, 0) is 36.2 Å². The van der Waals surface area contributed by atoms with E-state index in [1.54, 1.807) is 12.1 Å². The molecule has 0 aliphatic rings. The lowest BCUT2D eigenvalue weighted by atomic mass is 10.2. The Labute approximate surface area is 135 Å². The number of hydrogen-bond acceptors (Lipinski definition) is 5. The van der Waals surface area contributed by atoms with Gasteiger partial charge in [0.25, 0.3) is 0 Å². The second kappa shape index (κ2) is 7.51. The van der Waals surface area contributed by atoms with Crippen LogP contribution in [0.1, 0.15) is 18.9 Å². The van der Waals surface area contributed by atoms with Gasteiger partial charge in [0.1, 0.15) is 5.82 Å². The van der Waals surface area contributed by atoms with Crippen molar-refractivity contribution >= 4 is 33.5 Å². The molecule has 0 radical (unpaired) electrons. The number of rotatable bonds is 6. The molecule has 0 unspecified atom stereocenters. The smallest absolute Gasteiger partial charge is 0.322 e. The van der Waals surface area contributed by atoms with E-state index >= 15 is 0 Å². The van der Waals surface area contributed by atoms with Crippen LogP contribution in [-0.4, -0.2) is 21.6 Å². The summed E-state index contributed by atoms with van der Waals surface area (Å²) in [6.07, 6.45) is 0.829. The number of aromatic nitrogens is 3. The van der Waals surface area contributed by atoms with Crippen LogP contribution in [0.5, 0.6) is 6.01 Å². The lowest BCUT2D eigenvalue weighted by Crippen LogP contribution is -2.08. The maximum absolute atomic E-state index is 13.6. The number of benzene rings is 1. The molecule has 0 atom stereocenters.